The second kappa shape index (κ2) is 21.8. The SMILES string of the molecule is COC(=O)C1(Cc2ccccc2)CC(c2cc(F)ccc2F)(S(=O)(=O)c2ccc(Cl)cc2)CCC1=O.COC(=O)C1=C(OCc2ccccc2)CCC(c2cc(F)ccc2F)(S(=O)(=O)c2ccc(Cl)cc2)C1. The highest BCUT2D eigenvalue weighted by Crippen LogP contribution is 2.55. The van der Waals surface area contributed by atoms with Gasteiger partial charge in [0, 0.05) is 40.4 Å². The van der Waals surface area contributed by atoms with E-state index in [0.29, 0.717) is 10.6 Å². The number of carbonyl (C=O) groups excluding carboxylic acids is 3. The number of halogens is 6. The number of sulfone groups is 2. The number of benzene rings is 6. The van der Waals surface area contributed by atoms with Crippen molar-refractivity contribution in [1.82, 2.24) is 0 Å². The fourth-order valence-corrected chi connectivity index (χ4v) is 14.1. The number of rotatable bonds is 13. The van der Waals surface area contributed by atoms with E-state index in [4.69, 9.17) is 37.4 Å². The van der Waals surface area contributed by atoms with E-state index in [-0.39, 0.29) is 70.4 Å². The number of methoxy groups -OCH3 is 2. The maximum absolute atomic E-state index is 15.3. The van der Waals surface area contributed by atoms with Gasteiger partial charge in [0.1, 0.15) is 50.5 Å². The summed E-state index contributed by atoms with van der Waals surface area (Å²) in [4.78, 5) is 39.2. The average molecular weight is 1070 g/mol. The molecule has 0 aromatic heterocycles. The monoisotopic (exact) mass is 1060 g/mol. The van der Waals surface area contributed by atoms with Crippen molar-refractivity contribution < 1.29 is 63.0 Å². The minimum atomic E-state index is -4.49. The summed E-state index contributed by atoms with van der Waals surface area (Å²) in [6, 6.07) is 33.7. The Kier molecular flexibility index (Phi) is 16.2. The summed E-state index contributed by atoms with van der Waals surface area (Å²) < 4.78 is 128. The summed E-state index contributed by atoms with van der Waals surface area (Å²) in [6.45, 7) is 0.141. The van der Waals surface area contributed by atoms with E-state index in [0.717, 1.165) is 56.2 Å². The predicted molar refractivity (Wildman–Crippen MR) is 261 cm³/mol. The molecule has 3 atom stereocenters. The van der Waals surface area contributed by atoms with Gasteiger partial charge in [-0.25, -0.2) is 39.2 Å². The minimum Gasteiger partial charge on any atom is -0.493 e. The van der Waals surface area contributed by atoms with Crippen LogP contribution in [0.2, 0.25) is 10.0 Å². The third-order valence-electron chi connectivity index (χ3n) is 13.2. The lowest BCUT2D eigenvalue weighted by Gasteiger charge is -2.45. The summed E-state index contributed by atoms with van der Waals surface area (Å²) in [6.07, 6.45) is -2.10. The number of ether oxygens (including phenoxy) is 3. The molecule has 0 bridgehead atoms. The highest BCUT2D eigenvalue weighted by molar-refractivity contribution is 7.92. The van der Waals surface area contributed by atoms with E-state index >= 15 is 8.78 Å². The fraction of sp³-hybridized carbons (Fsp3) is 0.241. The van der Waals surface area contributed by atoms with Crippen LogP contribution < -0.4 is 0 Å². The summed E-state index contributed by atoms with van der Waals surface area (Å²) in [5.41, 5.74) is -1.34. The molecule has 376 valence electrons. The van der Waals surface area contributed by atoms with Gasteiger partial charge in [0.05, 0.1) is 29.6 Å². The number of esters is 2. The second-order valence-corrected chi connectivity index (χ2v) is 22.7. The first-order valence-electron chi connectivity index (χ1n) is 22.3. The van der Waals surface area contributed by atoms with Gasteiger partial charge in [-0.2, -0.15) is 0 Å². The highest BCUT2D eigenvalue weighted by atomic mass is 35.5. The largest absolute Gasteiger partial charge is 0.493 e. The van der Waals surface area contributed by atoms with Crippen molar-refractivity contribution in [2.24, 2.45) is 5.41 Å². The molecule has 0 spiro atoms. The summed E-state index contributed by atoms with van der Waals surface area (Å²) in [5, 5.41) is 0.599. The van der Waals surface area contributed by atoms with Crippen molar-refractivity contribution in [3.8, 4) is 0 Å². The quantitative estimate of drug-likeness (QED) is 0.0622. The third-order valence-corrected chi connectivity index (χ3v) is 18.6. The van der Waals surface area contributed by atoms with Gasteiger partial charge in [0.25, 0.3) is 0 Å². The molecule has 10 nitrogen and oxygen atoms in total. The Balaban J connectivity index is 0.000000211. The summed E-state index contributed by atoms with van der Waals surface area (Å²) in [5.74, 6) is -5.49. The normalized spacial score (nSPS) is 20.2. The predicted octanol–water partition coefficient (Wildman–Crippen LogP) is 11.6. The van der Waals surface area contributed by atoms with Crippen LogP contribution in [0.5, 0.6) is 0 Å². The highest BCUT2D eigenvalue weighted by Gasteiger charge is 2.62. The maximum atomic E-state index is 15.3. The van der Waals surface area contributed by atoms with E-state index < -0.39 is 94.0 Å². The van der Waals surface area contributed by atoms with E-state index in [1.54, 1.807) is 30.3 Å². The molecule has 6 aromatic rings. The van der Waals surface area contributed by atoms with Crippen molar-refractivity contribution in [1.29, 1.82) is 0 Å². The molecular formula is C54H46Cl2F4O10S2. The topological polar surface area (TPSA) is 147 Å². The molecule has 6 aromatic carbocycles. The molecule has 2 aliphatic rings. The van der Waals surface area contributed by atoms with Crippen molar-refractivity contribution >= 4 is 60.6 Å². The molecule has 1 saturated carbocycles. The standard InChI is InChI=1S/2C27H23ClF2O5S/c1-34-26(31)22-16-27(23-15-20(29)9-12-24(23)30,36(32,33)21-10-7-19(28)8-11-21)14-13-25(22)35-17-18-5-3-2-4-6-18;1-35-25(32)26(16-18-5-3-2-4-6-18)17-27(14-13-24(26)31,22-15-20(29)9-12-23(22)30)36(33,34)21-10-7-19(28)8-11-21/h2*2-12,15H,13-14,16-17H2,1H3. The molecular weight excluding hydrogens is 1020 g/mol. The zero-order chi connectivity index (χ0) is 52.1. The molecule has 1 fully saturated rings. The maximum Gasteiger partial charge on any atom is 0.337 e. The van der Waals surface area contributed by atoms with Crippen LogP contribution in [-0.4, -0.2) is 48.8 Å². The van der Waals surface area contributed by atoms with Crippen molar-refractivity contribution in [2.45, 2.75) is 70.8 Å². The molecule has 72 heavy (non-hydrogen) atoms. The van der Waals surface area contributed by atoms with E-state index in [1.165, 1.54) is 48.5 Å². The molecule has 2 aliphatic carbocycles. The van der Waals surface area contributed by atoms with Crippen LogP contribution in [0, 0.1) is 28.7 Å². The lowest BCUT2D eigenvalue weighted by atomic mass is 9.63. The molecule has 0 radical (unpaired) electrons. The molecule has 0 N–H and O–H groups in total. The van der Waals surface area contributed by atoms with E-state index in [9.17, 15) is 40.0 Å². The van der Waals surface area contributed by atoms with Crippen molar-refractivity contribution in [2.75, 3.05) is 14.2 Å². The van der Waals surface area contributed by atoms with Gasteiger partial charge in [0.2, 0.25) is 0 Å². The van der Waals surface area contributed by atoms with Gasteiger partial charge in [-0.1, -0.05) is 83.9 Å². The first-order chi connectivity index (χ1) is 34.2. The molecule has 0 saturated heterocycles. The van der Waals surface area contributed by atoms with Gasteiger partial charge < -0.3 is 14.2 Å². The van der Waals surface area contributed by atoms with E-state index in [1.807, 2.05) is 30.3 Å². The molecule has 0 aliphatic heterocycles. The first-order valence-corrected chi connectivity index (χ1v) is 26.0. The zero-order valence-corrected chi connectivity index (χ0v) is 41.8. The van der Waals surface area contributed by atoms with Crippen LogP contribution in [0.25, 0.3) is 0 Å². The Bertz CT molecular complexity index is 3240. The molecule has 0 amide bonds. The Hall–Kier alpha value is -6.33. The lowest BCUT2D eigenvalue weighted by Crippen LogP contribution is -2.54. The van der Waals surface area contributed by atoms with Crippen LogP contribution in [0.1, 0.15) is 60.8 Å². The van der Waals surface area contributed by atoms with Crippen LogP contribution >= 0.6 is 23.2 Å². The number of hydrogen-bond acceptors (Lipinski definition) is 10. The van der Waals surface area contributed by atoms with Gasteiger partial charge in [0.15, 0.2) is 25.5 Å². The Morgan fingerprint density at radius 3 is 1.57 bits per heavy atom. The smallest absolute Gasteiger partial charge is 0.337 e. The van der Waals surface area contributed by atoms with E-state index in [2.05, 4.69) is 0 Å². The molecule has 18 heteroatoms. The van der Waals surface area contributed by atoms with Crippen LogP contribution in [0.4, 0.5) is 17.6 Å². The van der Waals surface area contributed by atoms with Gasteiger partial charge in [-0.3, -0.25) is 9.59 Å². The van der Waals surface area contributed by atoms with Gasteiger partial charge in [-0.15, -0.1) is 0 Å². The zero-order valence-electron chi connectivity index (χ0n) is 38.7. The Morgan fingerprint density at radius 1 is 0.597 bits per heavy atom. The molecule has 0 heterocycles. The minimum absolute atomic E-state index is 0.0138. The van der Waals surface area contributed by atoms with Gasteiger partial charge >= 0.3 is 11.9 Å². The van der Waals surface area contributed by atoms with Crippen LogP contribution in [-0.2, 0) is 70.8 Å². The Morgan fingerprint density at radius 2 is 1.07 bits per heavy atom. The Labute approximate surface area is 424 Å². The molecule has 3 unspecified atom stereocenters. The first kappa shape index (κ1) is 53.5. The average Bonchev–Trinajstić information content (AvgIpc) is 3.38. The van der Waals surface area contributed by atoms with Crippen molar-refractivity contribution in [3.05, 3.63) is 212 Å². The molecule has 8 rings (SSSR count). The number of allylic oxidation sites excluding steroid dienone is 1. The number of ketones is 1. The fourth-order valence-electron chi connectivity index (χ4n) is 9.52. The summed E-state index contributed by atoms with van der Waals surface area (Å²) >= 11 is 11.9. The van der Waals surface area contributed by atoms with Crippen LogP contribution in [0.15, 0.2) is 167 Å². The summed E-state index contributed by atoms with van der Waals surface area (Å²) in [7, 11) is -6.58. The van der Waals surface area contributed by atoms with Crippen LogP contribution in [0.3, 0.4) is 0 Å². The van der Waals surface area contributed by atoms with Gasteiger partial charge in [-0.05, 0) is 122 Å². The number of carbonyl (C=O) groups is 3. The second-order valence-electron chi connectivity index (χ2n) is 17.3. The number of hydrogen-bond donors (Lipinski definition) is 0. The van der Waals surface area contributed by atoms with Crippen molar-refractivity contribution in [3.63, 3.8) is 0 Å². The third kappa shape index (κ3) is 10.5. The lowest BCUT2D eigenvalue weighted by molar-refractivity contribution is -0.161. The number of Topliss-reactive ketones (excluding diaryl/α,β-unsaturated/α-hetero) is 1.